The van der Waals surface area contributed by atoms with E-state index in [4.69, 9.17) is 16.3 Å². The van der Waals surface area contributed by atoms with Crippen LogP contribution in [-0.2, 0) is 4.74 Å². The lowest BCUT2D eigenvalue weighted by Crippen LogP contribution is -2.51. The van der Waals surface area contributed by atoms with Crippen LogP contribution in [0.2, 0.25) is 5.02 Å². The highest BCUT2D eigenvalue weighted by atomic mass is 35.5. The molecule has 0 spiro atoms. The van der Waals surface area contributed by atoms with Crippen LogP contribution in [0.1, 0.15) is 30.1 Å². The molecule has 1 aromatic carbocycles. The molecule has 1 amide bonds. The number of rotatable bonds is 3. The number of hydrogen-bond acceptors (Lipinski definition) is 4. The molecule has 2 rings (SSSR count). The first-order valence-corrected chi connectivity index (χ1v) is 6.63. The lowest BCUT2D eigenvalue weighted by Gasteiger charge is -2.34. The minimum absolute atomic E-state index is 0.104. The molecule has 1 N–H and O–H groups in total. The number of hydrogen-bond donors (Lipinski definition) is 1. The maximum atomic E-state index is 12.2. The number of benzene rings is 1. The zero-order valence-electron chi connectivity index (χ0n) is 11.0. The molecule has 0 saturated carbocycles. The fourth-order valence-electron chi connectivity index (χ4n) is 2.17. The summed E-state index contributed by atoms with van der Waals surface area (Å²) in [6, 6.07) is 3.81. The number of nitro groups is 1. The van der Waals surface area contributed by atoms with E-state index in [9.17, 15) is 14.9 Å². The summed E-state index contributed by atoms with van der Waals surface area (Å²) < 4.78 is 5.36. The molecule has 1 aromatic rings. The van der Waals surface area contributed by atoms with E-state index in [1.165, 1.54) is 18.2 Å². The second-order valence-electron chi connectivity index (χ2n) is 5.09. The average Bonchev–Trinajstić information content (AvgIpc) is 2.39. The number of nitrogens with one attached hydrogen (secondary N) is 1. The molecule has 1 aliphatic rings. The van der Waals surface area contributed by atoms with Crippen LogP contribution in [0.15, 0.2) is 18.2 Å². The fraction of sp³-hybridized carbons (Fsp3) is 0.462. The van der Waals surface area contributed by atoms with Crippen LogP contribution >= 0.6 is 11.6 Å². The maximum Gasteiger partial charge on any atom is 0.270 e. The topological polar surface area (TPSA) is 81.5 Å². The van der Waals surface area contributed by atoms with Gasteiger partial charge in [0.25, 0.3) is 11.6 Å². The fourth-order valence-corrected chi connectivity index (χ4v) is 2.38. The van der Waals surface area contributed by atoms with Crippen molar-refractivity contribution in [2.24, 2.45) is 0 Å². The third kappa shape index (κ3) is 3.26. The molecule has 1 saturated heterocycles. The number of halogens is 1. The van der Waals surface area contributed by atoms with Crippen molar-refractivity contribution in [3.63, 3.8) is 0 Å². The Bertz CT molecular complexity index is 541. The van der Waals surface area contributed by atoms with Gasteiger partial charge in [-0.15, -0.1) is 0 Å². The largest absolute Gasteiger partial charge is 0.379 e. The SMILES string of the molecule is CC1(NC(=O)c2cc([N+](=O)[O-])ccc2Cl)CCCOC1. The number of non-ortho nitro benzene ring substituents is 1. The van der Waals surface area contributed by atoms with Gasteiger partial charge in [0.05, 0.1) is 27.7 Å². The van der Waals surface area contributed by atoms with Gasteiger partial charge in [0.2, 0.25) is 0 Å². The van der Waals surface area contributed by atoms with E-state index < -0.39 is 16.4 Å². The van der Waals surface area contributed by atoms with Gasteiger partial charge < -0.3 is 10.1 Å². The quantitative estimate of drug-likeness (QED) is 0.687. The molecule has 0 radical (unpaired) electrons. The van der Waals surface area contributed by atoms with Crippen LogP contribution in [0.4, 0.5) is 5.69 Å². The van der Waals surface area contributed by atoms with Crippen LogP contribution in [0.25, 0.3) is 0 Å². The van der Waals surface area contributed by atoms with Crippen molar-refractivity contribution in [1.82, 2.24) is 5.32 Å². The Hall–Kier alpha value is -1.66. The summed E-state index contributed by atoms with van der Waals surface area (Å²) >= 11 is 5.94. The van der Waals surface area contributed by atoms with Crippen LogP contribution in [0.3, 0.4) is 0 Å². The zero-order chi connectivity index (χ0) is 14.8. The lowest BCUT2D eigenvalue weighted by molar-refractivity contribution is -0.384. The maximum absolute atomic E-state index is 12.2. The molecule has 1 unspecified atom stereocenters. The minimum Gasteiger partial charge on any atom is -0.379 e. The van der Waals surface area contributed by atoms with E-state index in [1.54, 1.807) is 0 Å². The van der Waals surface area contributed by atoms with Crippen LogP contribution in [0.5, 0.6) is 0 Å². The first kappa shape index (κ1) is 14.7. The Morgan fingerprint density at radius 2 is 2.30 bits per heavy atom. The van der Waals surface area contributed by atoms with E-state index in [0.29, 0.717) is 13.2 Å². The van der Waals surface area contributed by atoms with Crippen molar-refractivity contribution in [1.29, 1.82) is 0 Å². The van der Waals surface area contributed by atoms with Gasteiger partial charge in [0.1, 0.15) is 0 Å². The van der Waals surface area contributed by atoms with Crippen LogP contribution < -0.4 is 5.32 Å². The summed E-state index contributed by atoms with van der Waals surface area (Å²) in [4.78, 5) is 22.4. The van der Waals surface area contributed by atoms with E-state index in [2.05, 4.69) is 5.32 Å². The Morgan fingerprint density at radius 3 is 2.90 bits per heavy atom. The Morgan fingerprint density at radius 1 is 1.55 bits per heavy atom. The molecule has 6 nitrogen and oxygen atoms in total. The van der Waals surface area contributed by atoms with Crippen molar-refractivity contribution in [2.75, 3.05) is 13.2 Å². The summed E-state index contributed by atoms with van der Waals surface area (Å²) in [6.07, 6.45) is 1.66. The Balaban J connectivity index is 2.20. The average molecular weight is 299 g/mol. The van der Waals surface area contributed by atoms with Crippen LogP contribution in [-0.4, -0.2) is 29.6 Å². The van der Waals surface area contributed by atoms with Crippen LogP contribution in [0, 0.1) is 10.1 Å². The number of nitro benzene ring substituents is 1. The third-order valence-corrected chi connectivity index (χ3v) is 3.59. The molecule has 0 aromatic heterocycles. The van der Waals surface area contributed by atoms with E-state index >= 15 is 0 Å². The number of amides is 1. The van der Waals surface area contributed by atoms with Crippen molar-refractivity contribution < 1.29 is 14.5 Å². The second-order valence-corrected chi connectivity index (χ2v) is 5.50. The standard InChI is InChI=1S/C13H15ClN2O4/c1-13(5-2-6-20-8-13)15-12(17)10-7-9(16(18)19)3-4-11(10)14/h3-4,7H,2,5-6,8H2,1H3,(H,15,17). The van der Waals surface area contributed by atoms with Gasteiger partial charge in [-0.05, 0) is 25.8 Å². The summed E-state index contributed by atoms with van der Waals surface area (Å²) in [5.74, 6) is -0.424. The van der Waals surface area contributed by atoms with Gasteiger partial charge in [-0.25, -0.2) is 0 Å². The summed E-state index contributed by atoms with van der Waals surface area (Å²) in [6.45, 7) is 2.99. The molecule has 0 aliphatic carbocycles. The highest BCUT2D eigenvalue weighted by Crippen LogP contribution is 2.24. The van der Waals surface area contributed by atoms with Gasteiger partial charge in [0, 0.05) is 18.7 Å². The molecule has 1 heterocycles. The highest BCUT2D eigenvalue weighted by molar-refractivity contribution is 6.34. The predicted octanol–water partition coefficient (Wildman–Crippen LogP) is 2.55. The highest BCUT2D eigenvalue weighted by Gasteiger charge is 2.30. The number of carbonyl (C=O) groups excluding carboxylic acids is 1. The Kier molecular flexibility index (Phi) is 4.25. The zero-order valence-corrected chi connectivity index (χ0v) is 11.8. The minimum atomic E-state index is -0.557. The molecule has 0 bridgehead atoms. The van der Waals surface area contributed by atoms with E-state index in [0.717, 1.165) is 12.8 Å². The van der Waals surface area contributed by atoms with Gasteiger partial charge >= 0.3 is 0 Å². The second kappa shape index (κ2) is 5.76. The third-order valence-electron chi connectivity index (χ3n) is 3.26. The molecular weight excluding hydrogens is 284 g/mol. The van der Waals surface area contributed by atoms with Gasteiger partial charge in [-0.1, -0.05) is 11.6 Å². The van der Waals surface area contributed by atoms with Crippen molar-refractivity contribution >= 4 is 23.2 Å². The summed E-state index contributed by atoms with van der Waals surface area (Å²) in [5.41, 5.74) is -0.527. The molecule has 1 aliphatic heterocycles. The summed E-state index contributed by atoms with van der Waals surface area (Å²) in [5, 5.41) is 13.8. The van der Waals surface area contributed by atoms with E-state index in [1.807, 2.05) is 6.92 Å². The van der Waals surface area contributed by atoms with Gasteiger partial charge in [-0.2, -0.15) is 0 Å². The number of ether oxygens (including phenoxy) is 1. The molecule has 7 heteroatoms. The summed E-state index contributed by atoms with van der Waals surface area (Å²) in [7, 11) is 0. The molecule has 1 atom stereocenters. The first-order chi connectivity index (χ1) is 9.41. The normalized spacial score (nSPS) is 22.3. The molecule has 108 valence electrons. The monoisotopic (exact) mass is 298 g/mol. The smallest absolute Gasteiger partial charge is 0.270 e. The van der Waals surface area contributed by atoms with Gasteiger partial charge in [0.15, 0.2) is 0 Å². The molecular formula is C13H15ClN2O4. The van der Waals surface area contributed by atoms with Gasteiger partial charge in [-0.3, -0.25) is 14.9 Å². The van der Waals surface area contributed by atoms with Crippen molar-refractivity contribution in [2.45, 2.75) is 25.3 Å². The van der Waals surface area contributed by atoms with Crippen molar-refractivity contribution in [3.05, 3.63) is 38.9 Å². The Labute approximate surface area is 121 Å². The number of carbonyl (C=O) groups is 1. The van der Waals surface area contributed by atoms with E-state index in [-0.39, 0.29) is 16.3 Å². The first-order valence-electron chi connectivity index (χ1n) is 6.25. The predicted molar refractivity (Wildman–Crippen MR) is 74.0 cm³/mol. The van der Waals surface area contributed by atoms with Crippen molar-refractivity contribution in [3.8, 4) is 0 Å². The lowest BCUT2D eigenvalue weighted by atomic mass is 9.94. The number of nitrogens with zero attached hydrogens (tertiary/aromatic N) is 1. The molecule has 1 fully saturated rings. The molecule has 20 heavy (non-hydrogen) atoms.